The van der Waals surface area contributed by atoms with Crippen LogP contribution in [0.3, 0.4) is 0 Å². The van der Waals surface area contributed by atoms with Gasteiger partial charge in [0.2, 0.25) is 0 Å². The molecule has 0 bridgehead atoms. The van der Waals surface area contributed by atoms with E-state index in [9.17, 15) is 0 Å². The van der Waals surface area contributed by atoms with Gasteiger partial charge in [0.1, 0.15) is 0 Å². The van der Waals surface area contributed by atoms with Crippen LogP contribution in [-0.4, -0.2) is 4.57 Å². The van der Waals surface area contributed by atoms with Crippen molar-refractivity contribution in [3.05, 3.63) is 162 Å². The van der Waals surface area contributed by atoms with E-state index < -0.39 is 0 Å². The quantitative estimate of drug-likeness (QED) is 0.196. The number of fused-ring (bicyclic) bond motifs is 4. The van der Waals surface area contributed by atoms with E-state index in [-0.39, 0.29) is 11.5 Å². The van der Waals surface area contributed by atoms with E-state index in [0.717, 1.165) is 0 Å². The van der Waals surface area contributed by atoms with E-state index in [1.165, 1.54) is 66.7 Å². The van der Waals surface area contributed by atoms with Crippen molar-refractivity contribution < 1.29 is 0 Å². The molecular formula is C43H38N2. The highest BCUT2D eigenvalue weighted by atomic mass is 15.2. The molecular weight excluding hydrogens is 544 g/mol. The molecule has 0 aliphatic carbocycles. The van der Waals surface area contributed by atoms with Gasteiger partial charge in [-0.1, -0.05) is 125 Å². The number of hydrogen-bond donors (Lipinski definition) is 0. The summed E-state index contributed by atoms with van der Waals surface area (Å²) in [6.45, 7) is 9.27. The minimum atomic E-state index is -0.0321. The Morgan fingerprint density at radius 3 is 1.87 bits per heavy atom. The predicted octanol–water partition coefficient (Wildman–Crippen LogP) is 11.7. The second-order valence-corrected chi connectivity index (χ2v) is 13.3. The van der Waals surface area contributed by atoms with Gasteiger partial charge in [0, 0.05) is 33.2 Å². The number of anilines is 2. The Morgan fingerprint density at radius 2 is 1.16 bits per heavy atom. The zero-order chi connectivity index (χ0) is 30.7. The number of benzene rings is 6. The van der Waals surface area contributed by atoms with Gasteiger partial charge >= 0.3 is 0 Å². The molecule has 2 nitrogen and oxygen atoms in total. The first-order chi connectivity index (χ1) is 21.9. The van der Waals surface area contributed by atoms with E-state index in [4.69, 9.17) is 0 Å². The lowest BCUT2D eigenvalue weighted by Gasteiger charge is -2.35. The lowest BCUT2D eigenvalue weighted by molar-refractivity contribution is 0.449. The summed E-state index contributed by atoms with van der Waals surface area (Å²) in [5, 5.41) is 2.62. The van der Waals surface area contributed by atoms with Gasteiger partial charge < -0.3 is 9.47 Å². The van der Waals surface area contributed by atoms with Crippen LogP contribution in [0.15, 0.2) is 146 Å². The SMILES string of the molecule is CC(C)c1ccc2c(c1)c1ccccc1n2-c1ccc(-c2ccc(N3c4ccccc4C(C)(C)C3c3ccccc3)cc2)cc1. The average Bonchev–Trinajstić information content (AvgIpc) is 3.53. The normalized spacial score (nSPS) is 15.7. The van der Waals surface area contributed by atoms with E-state index >= 15 is 0 Å². The van der Waals surface area contributed by atoms with Crippen LogP contribution in [0, 0.1) is 0 Å². The standard InChI is InChI=1S/C43H38N2/c1-29(2)33-22-27-40-37(28-33)36-14-8-10-16-39(36)44(40)34-23-18-30(19-24-34)31-20-25-35(26-21-31)45-41-17-11-9-15-38(41)43(3,4)42(45)32-12-6-5-7-13-32/h5-29,42H,1-4H3. The van der Waals surface area contributed by atoms with Crippen LogP contribution < -0.4 is 4.90 Å². The van der Waals surface area contributed by atoms with E-state index in [1.54, 1.807) is 0 Å². The highest BCUT2D eigenvalue weighted by Crippen LogP contribution is 2.55. The van der Waals surface area contributed by atoms with Crippen LogP contribution in [0.5, 0.6) is 0 Å². The molecule has 1 aliphatic rings. The molecule has 0 N–H and O–H groups in total. The van der Waals surface area contributed by atoms with Gasteiger partial charge in [-0.15, -0.1) is 0 Å². The molecule has 2 heteroatoms. The fourth-order valence-electron chi connectivity index (χ4n) is 7.57. The molecule has 8 rings (SSSR count). The minimum Gasteiger partial charge on any atom is -0.333 e. The third-order valence-corrected chi connectivity index (χ3v) is 9.88. The maximum absolute atomic E-state index is 2.53. The predicted molar refractivity (Wildman–Crippen MR) is 191 cm³/mol. The highest BCUT2D eigenvalue weighted by molar-refractivity contribution is 6.09. The van der Waals surface area contributed by atoms with Gasteiger partial charge in [-0.2, -0.15) is 0 Å². The van der Waals surface area contributed by atoms with Gasteiger partial charge in [0.05, 0.1) is 17.1 Å². The summed E-state index contributed by atoms with van der Waals surface area (Å²) in [6.07, 6.45) is 0. The van der Waals surface area contributed by atoms with E-state index in [1.807, 2.05) is 0 Å². The molecule has 0 saturated heterocycles. The Labute approximate surface area is 266 Å². The van der Waals surface area contributed by atoms with Crippen LogP contribution in [0.2, 0.25) is 0 Å². The van der Waals surface area contributed by atoms with Crippen molar-refractivity contribution in [2.45, 2.75) is 45.1 Å². The highest BCUT2D eigenvalue weighted by Gasteiger charge is 2.45. The second kappa shape index (κ2) is 10.5. The molecule has 0 fully saturated rings. The zero-order valence-corrected chi connectivity index (χ0v) is 26.4. The van der Waals surface area contributed by atoms with Crippen molar-refractivity contribution in [1.29, 1.82) is 0 Å². The molecule has 1 aromatic heterocycles. The monoisotopic (exact) mass is 582 g/mol. The summed E-state index contributed by atoms with van der Waals surface area (Å²) >= 11 is 0. The average molecular weight is 583 g/mol. The molecule has 1 unspecified atom stereocenters. The van der Waals surface area contributed by atoms with Crippen molar-refractivity contribution >= 4 is 33.2 Å². The summed E-state index contributed by atoms with van der Waals surface area (Å²) in [7, 11) is 0. The number of para-hydroxylation sites is 2. The van der Waals surface area contributed by atoms with Crippen molar-refractivity contribution in [1.82, 2.24) is 4.57 Å². The maximum Gasteiger partial charge on any atom is 0.0683 e. The molecule has 0 saturated carbocycles. The van der Waals surface area contributed by atoms with Crippen molar-refractivity contribution in [3.8, 4) is 16.8 Å². The number of aromatic nitrogens is 1. The summed E-state index contributed by atoms with van der Waals surface area (Å²) in [6, 6.07) is 53.9. The number of rotatable bonds is 5. The first-order valence-electron chi connectivity index (χ1n) is 16.1. The van der Waals surface area contributed by atoms with Crippen LogP contribution in [-0.2, 0) is 5.41 Å². The minimum absolute atomic E-state index is 0.0321. The molecule has 7 aromatic rings. The summed E-state index contributed by atoms with van der Waals surface area (Å²) in [5.41, 5.74) is 12.7. The third kappa shape index (κ3) is 4.39. The fourth-order valence-corrected chi connectivity index (χ4v) is 7.57. The van der Waals surface area contributed by atoms with Crippen LogP contribution in [0.25, 0.3) is 38.6 Å². The van der Waals surface area contributed by atoms with Gasteiger partial charge in [-0.3, -0.25) is 0 Å². The van der Waals surface area contributed by atoms with Crippen molar-refractivity contribution in [3.63, 3.8) is 0 Å². The summed E-state index contributed by atoms with van der Waals surface area (Å²) < 4.78 is 2.40. The number of nitrogens with zero attached hydrogens (tertiary/aromatic N) is 2. The van der Waals surface area contributed by atoms with Crippen molar-refractivity contribution in [2.24, 2.45) is 0 Å². The molecule has 220 valence electrons. The summed E-state index contributed by atoms with van der Waals surface area (Å²) in [5.74, 6) is 0.498. The van der Waals surface area contributed by atoms with E-state index in [0.29, 0.717) is 5.92 Å². The Kier molecular flexibility index (Phi) is 6.42. The van der Waals surface area contributed by atoms with Gasteiger partial charge in [-0.05, 0) is 82.3 Å². The van der Waals surface area contributed by atoms with Gasteiger partial charge in [0.15, 0.2) is 0 Å². The lowest BCUT2D eigenvalue weighted by Crippen LogP contribution is -2.30. The first kappa shape index (κ1) is 27.5. The van der Waals surface area contributed by atoms with Crippen LogP contribution in [0.4, 0.5) is 11.4 Å². The fraction of sp³-hybridized carbons (Fsp3) is 0.163. The number of hydrogen-bond acceptors (Lipinski definition) is 1. The molecule has 0 spiro atoms. The molecule has 1 atom stereocenters. The largest absolute Gasteiger partial charge is 0.333 e. The molecule has 0 amide bonds. The Morgan fingerprint density at radius 1 is 0.556 bits per heavy atom. The molecule has 6 aromatic carbocycles. The molecule has 1 aliphatic heterocycles. The van der Waals surface area contributed by atoms with Crippen LogP contribution >= 0.6 is 0 Å². The van der Waals surface area contributed by atoms with E-state index in [2.05, 4.69) is 183 Å². The smallest absolute Gasteiger partial charge is 0.0683 e. The maximum atomic E-state index is 2.53. The van der Waals surface area contributed by atoms with Gasteiger partial charge in [0.25, 0.3) is 0 Å². The van der Waals surface area contributed by atoms with Crippen molar-refractivity contribution in [2.75, 3.05) is 4.90 Å². The van der Waals surface area contributed by atoms with Gasteiger partial charge in [-0.25, -0.2) is 0 Å². The molecule has 0 radical (unpaired) electrons. The topological polar surface area (TPSA) is 8.17 Å². The Hall–Kier alpha value is -5.08. The molecule has 2 heterocycles. The zero-order valence-electron chi connectivity index (χ0n) is 26.4. The lowest BCUT2D eigenvalue weighted by atomic mass is 9.77. The van der Waals surface area contributed by atoms with Crippen LogP contribution in [0.1, 0.15) is 56.3 Å². The third-order valence-electron chi connectivity index (χ3n) is 9.88. The Bertz CT molecular complexity index is 2150. The first-order valence-corrected chi connectivity index (χ1v) is 16.1. The second-order valence-electron chi connectivity index (χ2n) is 13.3. The molecule has 45 heavy (non-hydrogen) atoms. The Balaban J connectivity index is 1.15. The summed E-state index contributed by atoms with van der Waals surface area (Å²) in [4.78, 5) is 2.53.